The van der Waals surface area contributed by atoms with Crippen molar-refractivity contribution in [2.45, 2.75) is 5.16 Å². The van der Waals surface area contributed by atoms with Gasteiger partial charge in [0.1, 0.15) is 5.75 Å². The van der Waals surface area contributed by atoms with E-state index < -0.39 is 0 Å². The molecule has 0 bridgehead atoms. The van der Waals surface area contributed by atoms with Crippen LogP contribution in [0, 0.1) is 0 Å². The van der Waals surface area contributed by atoms with E-state index in [0.717, 1.165) is 5.69 Å². The number of aromatic nitrogens is 4. The highest BCUT2D eigenvalue weighted by Crippen LogP contribution is 2.28. The van der Waals surface area contributed by atoms with Crippen LogP contribution in [-0.2, 0) is 0 Å². The Morgan fingerprint density at radius 3 is 2.50 bits per heavy atom. The summed E-state index contributed by atoms with van der Waals surface area (Å²) in [6, 6.07) is 12.4. The Balaban J connectivity index is 1.58. The van der Waals surface area contributed by atoms with Gasteiger partial charge >= 0.3 is 0 Å². The molecule has 1 aromatic heterocycles. The number of ether oxygens (including phenoxy) is 1. The first kappa shape index (κ1) is 17.4. The van der Waals surface area contributed by atoms with Crippen molar-refractivity contribution in [3.63, 3.8) is 0 Å². The molecule has 0 N–H and O–H groups in total. The molecule has 24 heavy (non-hydrogen) atoms. The quantitative estimate of drug-likeness (QED) is 0.439. The van der Waals surface area contributed by atoms with Gasteiger partial charge in [0.05, 0.1) is 17.3 Å². The van der Waals surface area contributed by atoms with Crippen LogP contribution >= 0.6 is 46.6 Å². The largest absolute Gasteiger partial charge is 0.491 e. The zero-order chi connectivity index (χ0) is 16.9. The Morgan fingerprint density at radius 2 is 1.75 bits per heavy atom. The molecule has 9 heteroatoms. The monoisotopic (exact) mass is 400 g/mol. The van der Waals surface area contributed by atoms with E-state index >= 15 is 0 Å². The lowest BCUT2D eigenvalue weighted by molar-refractivity contribution is 0.344. The van der Waals surface area contributed by atoms with Gasteiger partial charge in [-0.05, 0) is 52.9 Å². The summed E-state index contributed by atoms with van der Waals surface area (Å²) in [5.74, 6) is 1.26. The number of hydrogen-bond donors (Lipinski definition) is 0. The van der Waals surface area contributed by atoms with Crippen LogP contribution in [0.2, 0.25) is 15.1 Å². The molecule has 1 heterocycles. The minimum absolute atomic E-state index is 0.458. The smallest absolute Gasteiger partial charge is 0.214 e. The van der Waals surface area contributed by atoms with Crippen molar-refractivity contribution in [2.75, 3.05) is 12.4 Å². The minimum Gasteiger partial charge on any atom is -0.491 e. The van der Waals surface area contributed by atoms with Crippen LogP contribution in [0.1, 0.15) is 0 Å². The van der Waals surface area contributed by atoms with Gasteiger partial charge in [0.2, 0.25) is 5.16 Å². The summed E-state index contributed by atoms with van der Waals surface area (Å²) in [5, 5.41) is 14.1. The van der Waals surface area contributed by atoms with E-state index in [1.54, 1.807) is 35.0 Å². The number of thioether (sulfide) groups is 1. The Bertz CT molecular complexity index is 826. The number of rotatable bonds is 6. The summed E-state index contributed by atoms with van der Waals surface area (Å²) in [4.78, 5) is 0. The second kappa shape index (κ2) is 8.07. The van der Waals surface area contributed by atoms with Crippen LogP contribution in [0.25, 0.3) is 5.69 Å². The van der Waals surface area contributed by atoms with Gasteiger partial charge in [-0.3, -0.25) is 0 Å². The summed E-state index contributed by atoms with van der Waals surface area (Å²) in [6.07, 6.45) is 0. The molecule has 2 aromatic carbocycles. The van der Waals surface area contributed by atoms with E-state index in [4.69, 9.17) is 39.5 Å². The van der Waals surface area contributed by atoms with Gasteiger partial charge in [-0.15, -0.1) is 5.10 Å². The zero-order valence-corrected chi connectivity index (χ0v) is 15.3. The Hall–Kier alpha value is -1.47. The Labute approximate surface area is 157 Å². The van der Waals surface area contributed by atoms with Gasteiger partial charge < -0.3 is 4.74 Å². The van der Waals surface area contributed by atoms with E-state index in [9.17, 15) is 0 Å². The number of benzene rings is 2. The predicted molar refractivity (Wildman–Crippen MR) is 96.8 cm³/mol. The molecule has 0 unspecified atom stereocenters. The third-order valence-electron chi connectivity index (χ3n) is 2.98. The summed E-state index contributed by atoms with van der Waals surface area (Å²) in [6.45, 7) is 0.458. The van der Waals surface area contributed by atoms with E-state index in [2.05, 4.69) is 15.5 Å². The fraction of sp³-hybridized carbons (Fsp3) is 0.133. The highest BCUT2D eigenvalue weighted by molar-refractivity contribution is 7.99. The standard InChI is InChI=1S/C15H11Cl3N4OS/c16-10-1-4-12(5-2-10)22-15(19-20-21-22)24-8-7-23-14-6-3-11(17)9-13(14)18/h1-6,9H,7-8H2. The molecule has 0 saturated carbocycles. The second-order valence-electron chi connectivity index (χ2n) is 4.62. The van der Waals surface area contributed by atoms with Gasteiger partial charge in [0.25, 0.3) is 0 Å². The van der Waals surface area contributed by atoms with Gasteiger partial charge in [-0.25, -0.2) is 0 Å². The molecule has 0 aliphatic heterocycles. The summed E-state index contributed by atoms with van der Waals surface area (Å²) in [5.41, 5.74) is 0.841. The van der Waals surface area contributed by atoms with E-state index in [1.165, 1.54) is 11.8 Å². The second-order valence-corrected chi connectivity index (χ2v) is 6.96. The normalized spacial score (nSPS) is 10.8. The number of tetrazole rings is 1. The van der Waals surface area contributed by atoms with Gasteiger partial charge in [0, 0.05) is 15.8 Å². The molecule has 0 spiro atoms. The van der Waals surface area contributed by atoms with Gasteiger partial charge in [-0.2, -0.15) is 4.68 Å². The molecule has 5 nitrogen and oxygen atoms in total. The molecule has 0 aliphatic rings. The Morgan fingerprint density at radius 1 is 1.00 bits per heavy atom. The van der Waals surface area contributed by atoms with Crippen molar-refractivity contribution < 1.29 is 4.74 Å². The lowest BCUT2D eigenvalue weighted by Gasteiger charge is -2.08. The van der Waals surface area contributed by atoms with Gasteiger partial charge in [-0.1, -0.05) is 46.6 Å². The highest BCUT2D eigenvalue weighted by Gasteiger charge is 2.09. The van der Waals surface area contributed by atoms with Crippen molar-refractivity contribution in [3.8, 4) is 11.4 Å². The lowest BCUT2D eigenvalue weighted by atomic mass is 10.3. The van der Waals surface area contributed by atoms with Crippen molar-refractivity contribution in [2.24, 2.45) is 0 Å². The predicted octanol–water partition coefficient (Wildman–Crippen LogP) is 4.79. The maximum Gasteiger partial charge on any atom is 0.214 e. The number of hydrogen-bond acceptors (Lipinski definition) is 5. The molecule has 0 aliphatic carbocycles. The summed E-state index contributed by atoms with van der Waals surface area (Å²) < 4.78 is 7.29. The number of nitrogens with zero attached hydrogens (tertiary/aromatic N) is 4. The first-order valence-electron chi connectivity index (χ1n) is 6.88. The molecule has 0 amide bonds. The molecular formula is C15H11Cl3N4OS. The molecule has 3 rings (SSSR count). The Kier molecular flexibility index (Phi) is 5.84. The molecular weight excluding hydrogens is 391 g/mol. The SMILES string of the molecule is Clc1ccc(-n2nnnc2SCCOc2ccc(Cl)cc2Cl)cc1. The highest BCUT2D eigenvalue weighted by atomic mass is 35.5. The van der Waals surface area contributed by atoms with Crippen LogP contribution < -0.4 is 4.74 Å². The van der Waals surface area contributed by atoms with E-state index in [1.807, 2.05) is 12.1 Å². The van der Waals surface area contributed by atoms with Crippen molar-refractivity contribution in [1.82, 2.24) is 20.2 Å². The van der Waals surface area contributed by atoms with Crippen LogP contribution in [-0.4, -0.2) is 32.6 Å². The molecule has 3 aromatic rings. The average Bonchev–Trinajstić information content (AvgIpc) is 3.02. The van der Waals surface area contributed by atoms with E-state index in [0.29, 0.717) is 38.3 Å². The fourth-order valence-corrected chi connectivity index (χ4v) is 3.19. The van der Waals surface area contributed by atoms with Gasteiger partial charge in [0.15, 0.2) is 0 Å². The van der Waals surface area contributed by atoms with Crippen LogP contribution in [0.4, 0.5) is 0 Å². The molecule has 0 saturated heterocycles. The molecule has 124 valence electrons. The average molecular weight is 402 g/mol. The maximum atomic E-state index is 6.06. The summed E-state index contributed by atoms with van der Waals surface area (Å²) >= 11 is 19.3. The zero-order valence-electron chi connectivity index (χ0n) is 12.2. The minimum atomic E-state index is 0.458. The topological polar surface area (TPSA) is 52.8 Å². The first-order valence-corrected chi connectivity index (χ1v) is 9.00. The lowest BCUT2D eigenvalue weighted by Crippen LogP contribution is -2.03. The third-order valence-corrected chi connectivity index (χ3v) is 4.64. The number of halogens is 3. The molecule has 0 fully saturated rings. The molecule has 0 atom stereocenters. The first-order chi connectivity index (χ1) is 11.6. The fourth-order valence-electron chi connectivity index (χ4n) is 1.89. The summed E-state index contributed by atoms with van der Waals surface area (Å²) in [7, 11) is 0. The van der Waals surface area contributed by atoms with Crippen molar-refractivity contribution in [1.29, 1.82) is 0 Å². The molecule has 0 radical (unpaired) electrons. The maximum absolute atomic E-state index is 6.06. The van der Waals surface area contributed by atoms with Crippen LogP contribution in [0.3, 0.4) is 0 Å². The van der Waals surface area contributed by atoms with Crippen LogP contribution in [0.15, 0.2) is 47.6 Å². The van der Waals surface area contributed by atoms with Crippen molar-refractivity contribution in [3.05, 3.63) is 57.5 Å². The van der Waals surface area contributed by atoms with Crippen LogP contribution in [0.5, 0.6) is 5.75 Å². The van der Waals surface area contributed by atoms with E-state index in [-0.39, 0.29) is 0 Å². The van der Waals surface area contributed by atoms with Crippen molar-refractivity contribution >= 4 is 46.6 Å². The third kappa shape index (κ3) is 4.33.